The SMILES string of the molecule is CCNC(=O)[C@H]1CC(=O)Nc2nc(N3CCC(C(N)=O)CC3)[nH]c(=O)c21. The van der Waals surface area contributed by atoms with Gasteiger partial charge in [0, 0.05) is 32.0 Å². The van der Waals surface area contributed by atoms with Crippen molar-refractivity contribution in [1.82, 2.24) is 15.3 Å². The molecule has 1 atom stereocenters. The number of aromatic amines is 1. The second-order valence-corrected chi connectivity index (χ2v) is 6.51. The molecule has 1 fully saturated rings. The maximum atomic E-state index is 12.6. The Kier molecular flexibility index (Phi) is 4.92. The average molecular weight is 362 g/mol. The highest BCUT2D eigenvalue weighted by atomic mass is 16.2. The van der Waals surface area contributed by atoms with Gasteiger partial charge in [-0.25, -0.2) is 0 Å². The van der Waals surface area contributed by atoms with E-state index in [1.165, 1.54) is 0 Å². The Morgan fingerprint density at radius 1 is 1.31 bits per heavy atom. The first-order valence-corrected chi connectivity index (χ1v) is 8.66. The van der Waals surface area contributed by atoms with Gasteiger partial charge in [-0.1, -0.05) is 0 Å². The molecule has 3 heterocycles. The van der Waals surface area contributed by atoms with Crippen molar-refractivity contribution in [3.8, 4) is 0 Å². The van der Waals surface area contributed by atoms with Crippen molar-refractivity contribution < 1.29 is 14.4 Å². The minimum absolute atomic E-state index is 0.0903. The van der Waals surface area contributed by atoms with Gasteiger partial charge < -0.3 is 21.3 Å². The first-order valence-electron chi connectivity index (χ1n) is 8.66. The van der Waals surface area contributed by atoms with Gasteiger partial charge in [0.1, 0.15) is 5.82 Å². The van der Waals surface area contributed by atoms with Gasteiger partial charge in [-0.3, -0.25) is 24.2 Å². The second-order valence-electron chi connectivity index (χ2n) is 6.51. The molecule has 0 spiro atoms. The number of carbonyl (C=O) groups is 3. The van der Waals surface area contributed by atoms with Crippen LogP contribution in [-0.4, -0.2) is 47.3 Å². The zero-order valence-corrected chi connectivity index (χ0v) is 14.5. The third kappa shape index (κ3) is 3.39. The smallest absolute Gasteiger partial charge is 0.258 e. The normalized spacial score (nSPS) is 20.3. The van der Waals surface area contributed by atoms with Crippen molar-refractivity contribution in [2.75, 3.05) is 29.9 Å². The van der Waals surface area contributed by atoms with Crippen molar-refractivity contribution in [3.05, 3.63) is 15.9 Å². The molecule has 0 bridgehead atoms. The highest BCUT2D eigenvalue weighted by molar-refractivity contribution is 6.00. The van der Waals surface area contributed by atoms with Crippen LogP contribution in [0, 0.1) is 5.92 Å². The number of rotatable bonds is 4. The van der Waals surface area contributed by atoms with E-state index in [0.29, 0.717) is 38.4 Å². The topological polar surface area (TPSA) is 150 Å². The van der Waals surface area contributed by atoms with Crippen LogP contribution in [0.1, 0.15) is 37.7 Å². The lowest BCUT2D eigenvalue weighted by Gasteiger charge is -2.32. The summed E-state index contributed by atoms with van der Waals surface area (Å²) in [5.74, 6) is -1.66. The van der Waals surface area contributed by atoms with E-state index < -0.39 is 11.5 Å². The summed E-state index contributed by atoms with van der Waals surface area (Å²) in [6.07, 6.45) is 1.06. The van der Waals surface area contributed by atoms with E-state index in [2.05, 4.69) is 20.6 Å². The number of fused-ring (bicyclic) bond motifs is 1. The van der Waals surface area contributed by atoms with Crippen molar-refractivity contribution in [3.63, 3.8) is 0 Å². The zero-order valence-electron chi connectivity index (χ0n) is 14.5. The molecule has 1 aromatic heterocycles. The first kappa shape index (κ1) is 17.9. The van der Waals surface area contributed by atoms with Crippen LogP contribution in [0.25, 0.3) is 0 Å². The largest absolute Gasteiger partial charge is 0.369 e. The van der Waals surface area contributed by atoms with Crippen LogP contribution >= 0.6 is 0 Å². The molecule has 140 valence electrons. The predicted octanol–water partition coefficient (Wildman–Crippen LogP) is -0.966. The van der Waals surface area contributed by atoms with Crippen molar-refractivity contribution in [2.24, 2.45) is 11.7 Å². The monoisotopic (exact) mass is 362 g/mol. The maximum Gasteiger partial charge on any atom is 0.258 e. The number of piperidine rings is 1. The van der Waals surface area contributed by atoms with E-state index in [1.807, 2.05) is 4.90 Å². The molecule has 10 heteroatoms. The number of carbonyl (C=O) groups excluding carboxylic acids is 3. The van der Waals surface area contributed by atoms with Gasteiger partial charge in [0.25, 0.3) is 5.56 Å². The third-order valence-electron chi connectivity index (χ3n) is 4.80. The summed E-state index contributed by atoms with van der Waals surface area (Å²) in [6, 6.07) is 0. The molecule has 1 saturated heterocycles. The van der Waals surface area contributed by atoms with E-state index >= 15 is 0 Å². The molecule has 0 unspecified atom stereocenters. The number of anilines is 2. The van der Waals surface area contributed by atoms with E-state index in [4.69, 9.17) is 5.73 Å². The van der Waals surface area contributed by atoms with Gasteiger partial charge in [0.15, 0.2) is 0 Å². The number of nitrogens with one attached hydrogen (secondary N) is 3. The molecule has 3 amide bonds. The van der Waals surface area contributed by atoms with Gasteiger partial charge >= 0.3 is 0 Å². The summed E-state index contributed by atoms with van der Waals surface area (Å²) >= 11 is 0. The molecule has 0 radical (unpaired) electrons. The quantitative estimate of drug-likeness (QED) is 0.541. The lowest BCUT2D eigenvalue weighted by atomic mass is 9.92. The number of nitrogens with two attached hydrogens (primary N) is 1. The van der Waals surface area contributed by atoms with Crippen LogP contribution in [0.4, 0.5) is 11.8 Å². The molecule has 26 heavy (non-hydrogen) atoms. The van der Waals surface area contributed by atoms with E-state index in [0.717, 1.165) is 0 Å². The summed E-state index contributed by atoms with van der Waals surface area (Å²) in [7, 11) is 0. The van der Waals surface area contributed by atoms with Crippen LogP contribution < -0.4 is 26.8 Å². The summed E-state index contributed by atoms with van der Waals surface area (Å²) < 4.78 is 0. The number of nitrogens with zero attached hydrogens (tertiary/aromatic N) is 2. The molecule has 0 saturated carbocycles. The van der Waals surface area contributed by atoms with E-state index in [9.17, 15) is 19.2 Å². The van der Waals surface area contributed by atoms with Crippen LogP contribution in [-0.2, 0) is 14.4 Å². The Bertz CT molecular complexity index is 796. The third-order valence-corrected chi connectivity index (χ3v) is 4.80. The Hall–Kier alpha value is -2.91. The summed E-state index contributed by atoms with van der Waals surface area (Å²) in [6.45, 7) is 3.21. The van der Waals surface area contributed by atoms with Crippen LogP contribution in [0.3, 0.4) is 0 Å². The van der Waals surface area contributed by atoms with E-state index in [1.54, 1.807) is 6.92 Å². The lowest BCUT2D eigenvalue weighted by Crippen LogP contribution is -2.42. The van der Waals surface area contributed by atoms with Crippen LogP contribution in [0.2, 0.25) is 0 Å². The fourth-order valence-corrected chi connectivity index (χ4v) is 3.41. The zero-order chi connectivity index (χ0) is 18.8. The average Bonchev–Trinajstić information content (AvgIpc) is 2.60. The number of primary amides is 1. The highest BCUT2D eigenvalue weighted by Gasteiger charge is 2.35. The number of aromatic nitrogens is 2. The Morgan fingerprint density at radius 3 is 2.62 bits per heavy atom. The van der Waals surface area contributed by atoms with Gasteiger partial charge in [0.05, 0.1) is 11.5 Å². The Balaban J connectivity index is 1.89. The minimum Gasteiger partial charge on any atom is -0.369 e. The van der Waals surface area contributed by atoms with Crippen LogP contribution in [0.5, 0.6) is 0 Å². The van der Waals surface area contributed by atoms with E-state index in [-0.39, 0.29) is 41.4 Å². The predicted molar refractivity (Wildman–Crippen MR) is 93.7 cm³/mol. The fraction of sp³-hybridized carbons (Fsp3) is 0.562. The van der Waals surface area contributed by atoms with Crippen molar-refractivity contribution >= 4 is 29.5 Å². The minimum atomic E-state index is -0.857. The van der Waals surface area contributed by atoms with Gasteiger partial charge in [0.2, 0.25) is 23.7 Å². The molecule has 1 aromatic rings. The number of amides is 3. The molecule has 2 aliphatic heterocycles. The van der Waals surface area contributed by atoms with Crippen LogP contribution in [0.15, 0.2) is 4.79 Å². The molecule has 0 aromatic carbocycles. The first-order chi connectivity index (χ1) is 12.4. The van der Waals surface area contributed by atoms with Gasteiger partial charge in [-0.15, -0.1) is 0 Å². The second kappa shape index (κ2) is 7.14. The molecular weight excluding hydrogens is 340 g/mol. The van der Waals surface area contributed by atoms with Crippen molar-refractivity contribution in [1.29, 1.82) is 0 Å². The highest BCUT2D eigenvalue weighted by Crippen LogP contribution is 2.30. The molecule has 3 rings (SSSR count). The molecule has 0 aliphatic carbocycles. The molecule has 2 aliphatic rings. The number of hydrogen-bond donors (Lipinski definition) is 4. The molecule has 10 nitrogen and oxygen atoms in total. The fourth-order valence-electron chi connectivity index (χ4n) is 3.41. The maximum absolute atomic E-state index is 12.6. The number of likely N-dealkylation sites (N-methyl/N-ethyl adjacent to an activating group) is 1. The Labute approximate surface area is 149 Å². The molecule has 5 N–H and O–H groups in total. The van der Waals surface area contributed by atoms with Gasteiger partial charge in [-0.2, -0.15) is 4.98 Å². The standard InChI is InChI=1S/C16H22N6O4/c1-2-18-14(25)9-7-10(23)19-13-11(9)15(26)21-16(20-13)22-5-3-8(4-6-22)12(17)24/h8-9H,2-7H2,1H3,(H2,17,24)(H,18,25)(H2,19,20,21,23,26)/t9-/m0/s1. The summed E-state index contributed by atoms with van der Waals surface area (Å²) in [5, 5.41) is 5.23. The number of hydrogen-bond acceptors (Lipinski definition) is 6. The summed E-state index contributed by atoms with van der Waals surface area (Å²) in [4.78, 5) is 56.9. The number of H-pyrrole nitrogens is 1. The summed E-state index contributed by atoms with van der Waals surface area (Å²) in [5.41, 5.74) is 5.06. The van der Waals surface area contributed by atoms with Gasteiger partial charge in [-0.05, 0) is 19.8 Å². The Morgan fingerprint density at radius 2 is 2.00 bits per heavy atom. The molecular formula is C16H22N6O4. The van der Waals surface area contributed by atoms with Crippen molar-refractivity contribution in [2.45, 2.75) is 32.1 Å². The lowest BCUT2D eigenvalue weighted by molar-refractivity contribution is -0.126.